The molecule has 0 spiro atoms. The summed E-state index contributed by atoms with van der Waals surface area (Å²) in [5.41, 5.74) is 9.50. The van der Waals surface area contributed by atoms with Crippen LogP contribution in [-0.4, -0.2) is 26.7 Å². The van der Waals surface area contributed by atoms with E-state index in [0.29, 0.717) is 6.54 Å². The summed E-state index contributed by atoms with van der Waals surface area (Å²) in [6.07, 6.45) is 5.41. The van der Waals surface area contributed by atoms with Crippen molar-refractivity contribution < 1.29 is 4.79 Å². The van der Waals surface area contributed by atoms with Gasteiger partial charge in [-0.15, -0.1) is 24.8 Å². The Balaban J connectivity index is 0.00000196. The Kier molecular flexibility index (Phi) is 9.12. The summed E-state index contributed by atoms with van der Waals surface area (Å²) >= 11 is 0. The maximum atomic E-state index is 12.3. The zero-order valence-electron chi connectivity index (χ0n) is 15.8. The average Bonchev–Trinajstić information content (AvgIpc) is 3.11. The maximum absolute atomic E-state index is 12.3. The molecule has 0 saturated carbocycles. The quantitative estimate of drug-likeness (QED) is 0.638. The minimum absolute atomic E-state index is 0. The molecule has 0 fully saturated rings. The number of nitrogens with zero attached hydrogens (tertiary/aromatic N) is 3. The molecule has 0 radical (unpaired) electrons. The number of hydrogen-bond donors (Lipinski definition) is 2. The second-order valence-electron chi connectivity index (χ2n) is 6.38. The highest BCUT2D eigenvalue weighted by molar-refractivity contribution is 5.85. The van der Waals surface area contributed by atoms with Crippen molar-refractivity contribution in [1.29, 1.82) is 0 Å². The summed E-state index contributed by atoms with van der Waals surface area (Å²) in [5.74, 6) is -0.309. The highest BCUT2D eigenvalue weighted by Gasteiger charge is 2.18. The minimum atomic E-state index is -0.247. The monoisotopic (exact) mass is 421 g/mol. The SMILES string of the molecule is CC(N)C(C)C(=O)NCc1cn(-c2ccccc2)nc1-c1ccncc1.Cl.Cl. The molecule has 1 aromatic carbocycles. The van der Waals surface area contributed by atoms with E-state index in [4.69, 9.17) is 10.8 Å². The van der Waals surface area contributed by atoms with Gasteiger partial charge >= 0.3 is 0 Å². The van der Waals surface area contributed by atoms with E-state index in [0.717, 1.165) is 22.5 Å². The number of halogens is 2. The number of rotatable bonds is 6. The second kappa shape index (κ2) is 10.8. The summed E-state index contributed by atoms with van der Waals surface area (Å²) in [7, 11) is 0. The van der Waals surface area contributed by atoms with E-state index < -0.39 is 0 Å². The summed E-state index contributed by atoms with van der Waals surface area (Å²) in [5, 5.41) is 7.69. The molecule has 2 atom stereocenters. The molecule has 28 heavy (non-hydrogen) atoms. The number of nitrogens with two attached hydrogens (primary N) is 1. The van der Waals surface area contributed by atoms with Gasteiger partial charge in [-0.3, -0.25) is 9.78 Å². The lowest BCUT2D eigenvalue weighted by molar-refractivity contribution is -0.125. The molecule has 150 valence electrons. The summed E-state index contributed by atoms with van der Waals surface area (Å²) in [6.45, 7) is 4.05. The fraction of sp³-hybridized carbons (Fsp3) is 0.250. The van der Waals surface area contributed by atoms with Crippen LogP contribution in [0.4, 0.5) is 0 Å². The van der Waals surface area contributed by atoms with Crippen molar-refractivity contribution in [2.24, 2.45) is 11.7 Å². The second-order valence-corrected chi connectivity index (χ2v) is 6.38. The number of carbonyl (C=O) groups is 1. The van der Waals surface area contributed by atoms with Crippen molar-refractivity contribution in [3.8, 4) is 16.9 Å². The summed E-state index contributed by atoms with van der Waals surface area (Å²) in [6, 6.07) is 13.5. The van der Waals surface area contributed by atoms with Gasteiger partial charge in [-0.1, -0.05) is 25.1 Å². The van der Waals surface area contributed by atoms with Crippen LogP contribution in [0.3, 0.4) is 0 Å². The van der Waals surface area contributed by atoms with E-state index in [-0.39, 0.29) is 42.7 Å². The zero-order chi connectivity index (χ0) is 18.5. The largest absolute Gasteiger partial charge is 0.352 e. The molecule has 2 heterocycles. The predicted molar refractivity (Wildman–Crippen MR) is 116 cm³/mol. The van der Waals surface area contributed by atoms with Gasteiger partial charge in [-0.05, 0) is 31.2 Å². The van der Waals surface area contributed by atoms with Crippen molar-refractivity contribution in [2.45, 2.75) is 26.4 Å². The van der Waals surface area contributed by atoms with E-state index in [1.54, 1.807) is 12.4 Å². The Morgan fingerprint density at radius 2 is 1.75 bits per heavy atom. The van der Waals surface area contributed by atoms with Crippen molar-refractivity contribution in [1.82, 2.24) is 20.1 Å². The molecular formula is C20H25Cl2N5O. The number of para-hydroxylation sites is 1. The molecule has 0 saturated heterocycles. The molecule has 1 amide bonds. The molecule has 3 rings (SSSR count). The Morgan fingerprint density at radius 1 is 1.11 bits per heavy atom. The highest BCUT2D eigenvalue weighted by atomic mass is 35.5. The number of hydrogen-bond acceptors (Lipinski definition) is 4. The third-order valence-corrected chi connectivity index (χ3v) is 4.42. The number of pyridine rings is 1. The number of amides is 1. The summed E-state index contributed by atoms with van der Waals surface area (Å²) in [4.78, 5) is 16.3. The molecule has 2 aromatic heterocycles. The maximum Gasteiger partial charge on any atom is 0.224 e. The summed E-state index contributed by atoms with van der Waals surface area (Å²) < 4.78 is 1.83. The standard InChI is InChI=1S/C20H23N5O.2ClH/c1-14(15(2)21)20(26)23-12-17-13-25(18-6-4-3-5-7-18)24-19(17)16-8-10-22-11-9-16;;/h3-11,13-15H,12,21H2,1-2H3,(H,23,26);2*1H. The molecule has 8 heteroatoms. The van der Waals surface area contributed by atoms with Crippen LogP contribution in [0.5, 0.6) is 0 Å². The third-order valence-electron chi connectivity index (χ3n) is 4.42. The molecule has 3 N–H and O–H groups in total. The first-order valence-electron chi connectivity index (χ1n) is 8.64. The van der Waals surface area contributed by atoms with Crippen LogP contribution >= 0.6 is 24.8 Å². The van der Waals surface area contributed by atoms with Crippen LogP contribution < -0.4 is 11.1 Å². The van der Waals surface area contributed by atoms with Gasteiger partial charge in [0.1, 0.15) is 0 Å². The zero-order valence-corrected chi connectivity index (χ0v) is 17.4. The van der Waals surface area contributed by atoms with E-state index >= 15 is 0 Å². The van der Waals surface area contributed by atoms with Gasteiger partial charge in [-0.2, -0.15) is 5.10 Å². The Morgan fingerprint density at radius 3 is 2.36 bits per heavy atom. The molecule has 0 aliphatic heterocycles. The van der Waals surface area contributed by atoms with E-state index in [2.05, 4.69) is 10.3 Å². The number of benzene rings is 1. The third kappa shape index (κ3) is 5.55. The van der Waals surface area contributed by atoms with Gasteiger partial charge in [0.25, 0.3) is 0 Å². The first-order chi connectivity index (χ1) is 12.6. The van der Waals surface area contributed by atoms with Crippen molar-refractivity contribution in [2.75, 3.05) is 0 Å². The van der Waals surface area contributed by atoms with Gasteiger partial charge in [-0.25, -0.2) is 4.68 Å². The number of carbonyl (C=O) groups excluding carboxylic acids is 1. The fourth-order valence-electron chi connectivity index (χ4n) is 2.59. The van der Waals surface area contributed by atoms with Gasteiger partial charge in [0.15, 0.2) is 0 Å². The fourth-order valence-corrected chi connectivity index (χ4v) is 2.59. The molecule has 3 aromatic rings. The molecule has 2 unspecified atom stereocenters. The average molecular weight is 422 g/mol. The van der Waals surface area contributed by atoms with Gasteiger partial charge in [0.2, 0.25) is 5.91 Å². The Labute approximate surface area is 177 Å². The highest BCUT2D eigenvalue weighted by Crippen LogP contribution is 2.23. The van der Waals surface area contributed by atoms with E-state index in [1.807, 2.05) is 67.2 Å². The minimum Gasteiger partial charge on any atom is -0.352 e. The van der Waals surface area contributed by atoms with Gasteiger partial charge in [0, 0.05) is 48.2 Å². The topological polar surface area (TPSA) is 85.8 Å². The van der Waals surface area contributed by atoms with E-state index in [1.165, 1.54) is 0 Å². The first-order valence-corrected chi connectivity index (χ1v) is 8.64. The molecule has 0 bridgehead atoms. The molecule has 0 aliphatic rings. The lowest BCUT2D eigenvalue weighted by Gasteiger charge is -2.15. The Hall–Kier alpha value is -2.41. The van der Waals surface area contributed by atoms with E-state index in [9.17, 15) is 4.79 Å². The normalized spacial score (nSPS) is 12.2. The first kappa shape index (κ1) is 23.6. The Bertz CT molecular complexity index is 869. The van der Waals surface area contributed by atoms with Crippen LogP contribution in [0.25, 0.3) is 16.9 Å². The van der Waals surface area contributed by atoms with Crippen molar-refractivity contribution in [3.05, 3.63) is 66.6 Å². The molecular weight excluding hydrogens is 397 g/mol. The lowest BCUT2D eigenvalue weighted by Crippen LogP contribution is -2.38. The van der Waals surface area contributed by atoms with Crippen LogP contribution in [0.15, 0.2) is 61.1 Å². The molecule has 6 nitrogen and oxygen atoms in total. The number of aromatic nitrogens is 3. The van der Waals surface area contributed by atoms with Crippen LogP contribution in [0.2, 0.25) is 0 Å². The molecule has 0 aliphatic carbocycles. The van der Waals surface area contributed by atoms with Crippen LogP contribution in [-0.2, 0) is 11.3 Å². The predicted octanol–water partition coefficient (Wildman–Crippen LogP) is 3.38. The van der Waals surface area contributed by atoms with Gasteiger partial charge in [0.05, 0.1) is 11.4 Å². The van der Waals surface area contributed by atoms with Crippen LogP contribution in [0, 0.1) is 5.92 Å². The smallest absolute Gasteiger partial charge is 0.224 e. The van der Waals surface area contributed by atoms with Crippen LogP contribution in [0.1, 0.15) is 19.4 Å². The van der Waals surface area contributed by atoms with Crippen molar-refractivity contribution >= 4 is 30.7 Å². The number of nitrogens with one attached hydrogen (secondary N) is 1. The lowest BCUT2D eigenvalue weighted by atomic mass is 10.0. The van der Waals surface area contributed by atoms with Gasteiger partial charge < -0.3 is 11.1 Å². The van der Waals surface area contributed by atoms with Crippen molar-refractivity contribution in [3.63, 3.8) is 0 Å².